The first kappa shape index (κ1) is 11.0. The molecule has 2 aromatic carbocycles. The molecule has 0 atom stereocenters. The second-order valence-corrected chi connectivity index (χ2v) is 4.41. The van der Waals surface area contributed by atoms with Gasteiger partial charge in [-0.25, -0.2) is 4.57 Å². The second kappa shape index (κ2) is 3.79. The third kappa shape index (κ3) is 2.33. The van der Waals surface area contributed by atoms with Crippen LogP contribution in [0.3, 0.4) is 0 Å². The number of phosphoric ester groups is 1. The Kier molecular flexibility index (Phi) is 2.59. The molecular formula is C10H9O5P. The summed E-state index contributed by atoms with van der Waals surface area (Å²) in [7, 11) is -4.56. The van der Waals surface area contributed by atoms with Crippen molar-refractivity contribution in [2.45, 2.75) is 0 Å². The van der Waals surface area contributed by atoms with Gasteiger partial charge in [-0.2, -0.15) is 0 Å². The summed E-state index contributed by atoms with van der Waals surface area (Å²) in [6.07, 6.45) is 0. The lowest BCUT2D eigenvalue weighted by Crippen LogP contribution is -1.89. The minimum atomic E-state index is -4.56. The van der Waals surface area contributed by atoms with Gasteiger partial charge in [-0.05, 0) is 23.6 Å². The standard InChI is InChI=1S/C10H9O5P/c11-10-3-1-2-7-4-5-8(6-9(7)10)15-16(12,13)14/h1-6,11H,(H2,12,13,14). The van der Waals surface area contributed by atoms with Crippen LogP contribution in [-0.4, -0.2) is 14.9 Å². The maximum atomic E-state index is 10.6. The average molecular weight is 240 g/mol. The minimum absolute atomic E-state index is 0.0160. The van der Waals surface area contributed by atoms with Gasteiger partial charge < -0.3 is 9.63 Å². The fraction of sp³-hybridized carbons (Fsp3) is 0. The Hall–Kier alpha value is -1.55. The van der Waals surface area contributed by atoms with Crippen molar-refractivity contribution in [1.82, 2.24) is 0 Å². The van der Waals surface area contributed by atoms with Crippen LogP contribution in [0.15, 0.2) is 36.4 Å². The molecule has 16 heavy (non-hydrogen) atoms. The lowest BCUT2D eigenvalue weighted by atomic mass is 10.1. The zero-order chi connectivity index (χ0) is 11.8. The molecule has 0 spiro atoms. The predicted molar refractivity (Wildman–Crippen MR) is 58.3 cm³/mol. The van der Waals surface area contributed by atoms with Crippen molar-refractivity contribution in [2.75, 3.05) is 0 Å². The fourth-order valence-corrected chi connectivity index (χ4v) is 1.82. The molecule has 0 heterocycles. The van der Waals surface area contributed by atoms with Gasteiger partial charge in [-0.1, -0.05) is 18.2 Å². The number of hydrogen-bond acceptors (Lipinski definition) is 3. The van der Waals surface area contributed by atoms with E-state index in [1.165, 1.54) is 18.2 Å². The first-order valence-corrected chi connectivity index (χ1v) is 5.96. The first-order chi connectivity index (χ1) is 7.46. The Morgan fingerprint density at radius 3 is 2.56 bits per heavy atom. The van der Waals surface area contributed by atoms with Crippen LogP contribution in [0.5, 0.6) is 11.5 Å². The molecule has 0 aromatic heterocycles. The SMILES string of the molecule is O=P(O)(O)Oc1ccc2cccc(O)c2c1. The molecule has 3 N–H and O–H groups in total. The van der Waals surface area contributed by atoms with Crippen molar-refractivity contribution in [3.63, 3.8) is 0 Å². The van der Waals surface area contributed by atoms with E-state index in [9.17, 15) is 9.67 Å². The van der Waals surface area contributed by atoms with Gasteiger partial charge in [0.2, 0.25) is 0 Å². The topological polar surface area (TPSA) is 87.0 Å². The quantitative estimate of drug-likeness (QED) is 0.699. The van der Waals surface area contributed by atoms with Gasteiger partial charge >= 0.3 is 7.82 Å². The third-order valence-electron chi connectivity index (χ3n) is 2.05. The van der Waals surface area contributed by atoms with Gasteiger partial charge in [0.15, 0.2) is 0 Å². The van der Waals surface area contributed by atoms with E-state index in [-0.39, 0.29) is 11.5 Å². The summed E-state index contributed by atoms with van der Waals surface area (Å²) in [5.41, 5.74) is 0. The Balaban J connectivity index is 2.51. The van der Waals surface area contributed by atoms with Crippen molar-refractivity contribution in [3.8, 4) is 11.5 Å². The molecule has 0 aliphatic heterocycles. The molecule has 0 amide bonds. The smallest absolute Gasteiger partial charge is 0.507 e. The Morgan fingerprint density at radius 1 is 1.12 bits per heavy atom. The highest BCUT2D eigenvalue weighted by Crippen LogP contribution is 2.39. The summed E-state index contributed by atoms with van der Waals surface area (Å²) in [5, 5.41) is 10.8. The van der Waals surface area contributed by atoms with E-state index in [1.54, 1.807) is 18.2 Å². The molecule has 2 rings (SSSR count). The normalized spacial score (nSPS) is 11.6. The number of benzene rings is 2. The van der Waals surface area contributed by atoms with Crippen LogP contribution in [0.2, 0.25) is 0 Å². The largest absolute Gasteiger partial charge is 0.524 e. The van der Waals surface area contributed by atoms with E-state index in [1.807, 2.05) is 0 Å². The number of hydrogen-bond donors (Lipinski definition) is 3. The maximum absolute atomic E-state index is 10.6. The second-order valence-electron chi connectivity index (χ2n) is 3.24. The van der Waals surface area contributed by atoms with Crippen LogP contribution in [0.4, 0.5) is 0 Å². The molecular weight excluding hydrogens is 231 g/mol. The molecule has 2 aromatic rings. The minimum Gasteiger partial charge on any atom is -0.507 e. The highest BCUT2D eigenvalue weighted by atomic mass is 31.2. The van der Waals surface area contributed by atoms with Gasteiger partial charge in [-0.15, -0.1) is 0 Å². The Bertz CT molecular complexity index is 574. The van der Waals surface area contributed by atoms with Crippen molar-refractivity contribution < 1.29 is 24.0 Å². The lowest BCUT2D eigenvalue weighted by Gasteiger charge is -2.08. The molecule has 0 aliphatic carbocycles. The third-order valence-corrected chi connectivity index (χ3v) is 2.50. The summed E-state index contributed by atoms with van der Waals surface area (Å²) in [4.78, 5) is 17.3. The zero-order valence-corrected chi connectivity index (χ0v) is 8.96. The molecule has 0 unspecified atom stereocenters. The summed E-state index contributed by atoms with van der Waals surface area (Å²) < 4.78 is 15.1. The molecule has 0 saturated carbocycles. The maximum Gasteiger partial charge on any atom is 0.524 e. The van der Waals surface area contributed by atoms with Crippen molar-refractivity contribution in [1.29, 1.82) is 0 Å². The molecule has 0 fully saturated rings. The van der Waals surface area contributed by atoms with Crippen LogP contribution in [0.25, 0.3) is 10.8 Å². The van der Waals surface area contributed by atoms with Gasteiger partial charge in [0.05, 0.1) is 0 Å². The zero-order valence-electron chi connectivity index (χ0n) is 8.07. The first-order valence-electron chi connectivity index (χ1n) is 4.42. The monoisotopic (exact) mass is 240 g/mol. The van der Waals surface area contributed by atoms with E-state index in [2.05, 4.69) is 4.52 Å². The molecule has 84 valence electrons. The lowest BCUT2D eigenvalue weighted by molar-refractivity contribution is 0.283. The molecule has 0 radical (unpaired) electrons. The van der Waals surface area contributed by atoms with E-state index in [0.717, 1.165) is 5.39 Å². The average Bonchev–Trinajstić information content (AvgIpc) is 2.17. The molecule has 0 bridgehead atoms. The number of fused-ring (bicyclic) bond motifs is 1. The van der Waals surface area contributed by atoms with E-state index < -0.39 is 7.82 Å². The highest BCUT2D eigenvalue weighted by Gasteiger charge is 2.16. The molecule has 0 aliphatic rings. The van der Waals surface area contributed by atoms with Gasteiger partial charge in [0.25, 0.3) is 0 Å². The van der Waals surface area contributed by atoms with Crippen molar-refractivity contribution in [2.24, 2.45) is 0 Å². The summed E-state index contributed by atoms with van der Waals surface area (Å²) in [6, 6.07) is 9.37. The van der Waals surface area contributed by atoms with E-state index in [0.29, 0.717) is 5.39 Å². The predicted octanol–water partition coefficient (Wildman–Crippen LogP) is 2.02. The van der Waals surface area contributed by atoms with E-state index in [4.69, 9.17) is 9.79 Å². The van der Waals surface area contributed by atoms with Crippen molar-refractivity contribution in [3.05, 3.63) is 36.4 Å². The van der Waals surface area contributed by atoms with Gasteiger partial charge in [0, 0.05) is 5.39 Å². The van der Waals surface area contributed by atoms with Crippen LogP contribution in [0, 0.1) is 0 Å². The fourth-order valence-electron chi connectivity index (χ4n) is 1.43. The van der Waals surface area contributed by atoms with E-state index >= 15 is 0 Å². The number of aromatic hydroxyl groups is 1. The summed E-state index contributed by atoms with van der Waals surface area (Å²) in [6.45, 7) is 0. The van der Waals surface area contributed by atoms with Crippen molar-refractivity contribution >= 4 is 18.6 Å². The summed E-state index contributed by atoms with van der Waals surface area (Å²) in [5.74, 6) is 0.0518. The number of phosphoric acid groups is 1. The molecule has 6 heteroatoms. The van der Waals surface area contributed by atoms with Gasteiger partial charge in [0.1, 0.15) is 11.5 Å². The number of phenolic OH excluding ortho intramolecular Hbond substituents is 1. The van der Waals surface area contributed by atoms with Gasteiger partial charge in [-0.3, -0.25) is 9.79 Å². The Labute approximate surface area is 91.2 Å². The number of rotatable bonds is 2. The van der Waals surface area contributed by atoms with Crippen LogP contribution in [-0.2, 0) is 4.57 Å². The van der Waals surface area contributed by atoms with Crippen LogP contribution >= 0.6 is 7.82 Å². The highest BCUT2D eigenvalue weighted by molar-refractivity contribution is 7.46. The van der Waals surface area contributed by atoms with Crippen LogP contribution in [0.1, 0.15) is 0 Å². The Morgan fingerprint density at radius 2 is 1.88 bits per heavy atom. The van der Waals surface area contributed by atoms with Crippen LogP contribution < -0.4 is 4.52 Å². The molecule has 0 saturated heterocycles. The summed E-state index contributed by atoms with van der Waals surface area (Å²) >= 11 is 0. The number of phenols is 1. The molecule has 5 nitrogen and oxygen atoms in total.